The minimum atomic E-state index is -0.921. The molecule has 2 fully saturated rings. The van der Waals surface area contributed by atoms with Crippen molar-refractivity contribution in [3.63, 3.8) is 0 Å². The summed E-state index contributed by atoms with van der Waals surface area (Å²) in [6, 6.07) is 0. The molecule has 6 nitrogen and oxygen atoms in total. The number of nitrogens with zero attached hydrogens (tertiary/aromatic N) is 1. The second kappa shape index (κ2) is 4.67. The molecule has 2 aliphatic rings. The molecule has 19 heavy (non-hydrogen) atoms. The van der Waals surface area contributed by atoms with Gasteiger partial charge in [0.2, 0.25) is 0 Å². The first kappa shape index (κ1) is 14.1. The zero-order valence-electron chi connectivity index (χ0n) is 11.6. The second-order valence-electron chi connectivity index (χ2n) is 6.36. The van der Waals surface area contributed by atoms with Crippen LogP contribution in [0.15, 0.2) is 0 Å². The first-order valence-corrected chi connectivity index (χ1v) is 6.59. The van der Waals surface area contributed by atoms with Gasteiger partial charge in [-0.25, -0.2) is 9.59 Å². The van der Waals surface area contributed by atoms with E-state index in [4.69, 9.17) is 14.6 Å². The summed E-state index contributed by atoms with van der Waals surface area (Å²) in [4.78, 5) is 24.3. The normalized spacial score (nSPS) is 25.8. The standard InChI is InChI=1S/C13H21NO5/c1-12(2,3)19-11(17)14-7-13(8-14)6-4-5-9(18-13)10(15)16/h9H,4-8H2,1-3H3,(H,15,16). The molecule has 0 aliphatic carbocycles. The number of rotatable bonds is 1. The van der Waals surface area contributed by atoms with Crippen LogP contribution in [-0.4, -0.2) is 52.5 Å². The zero-order valence-corrected chi connectivity index (χ0v) is 11.6. The lowest BCUT2D eigenvalue weighted by atomic mass is 9.85. The van der Waals surface area contributed by atoms with Gasteiger partial charge >= 0.3 is 12.1 Å². The summed E-state index contributed by atoms with van der Waals surface area (Å²) in [7, 11) is 0. The maximum atomic E-state index is 11.8. The van der Waals surface area contributed by atoms with E-state index in [0.29, 0.717) is 19.5 Å². The number of aliphatic carboxylic acids is 1. The predicted molar refractivity (Wildman–Crippen MR) is 66.9 cm³/mol. The number of carboxylic acid groups (broad SMARTS) is 1. The highest BCUT2D eigenvalue weighted by atomic mass is 16.6. The Kier molecular flexibility index (Phi) is 3.47. The fraction of sp³-hybridized carbons (Fsp3) is 0.846. The molecule has 2 aliphatic heterocycles. The van der Waals surface area contributed by atoms with Gasteiger partial charge in [0.1, 0.15) is 11.2 Å². The molecule has 0 radical (unpaired) electrons. The molecule has 0 bridgehead atoms. The molecule has 0 aromatic rings. The summed E-state index contributed by atoms with van der Waals surface area (Å²) in [6.07, 6.45) is 1.06. The summed E-state index contributed by atoms with van der Waals surface area (Å²) in [6.45, 7) is 6.30. The van der Waals surface area contributed by atoms with E-state index in [1.807, 2.05) is 20.8 Å². The van der Waals surface area contributed by atoms with Crippen LogP contribution in [0.4, 0.5) is 4.79 Å². The van der Waals surface area contributed by atoms with Crippen LogP contribution in [-0.2, 0) is 14.3 Å². The average molecular weight is 271 g/mol. The van der Waals surface area contributed by atoms with Crippen LogP contribution in [0.5, 0.6) is 0 Å². The molecule has 0 aromatic carbocycles. The summed E-state index contributed by atoms with van der Waals surface area (Å²) in [5.41, 5.74) is -0.991. The lowest BCUT2D eigenvalue weighted by Gasteiger charge is -2.52. The molecule has 1 spiro atoms. The molecule has 1 N–H and O–H groups in total. The third kappa shape index (κ3) is 3.18. The Balaban J connectivity index is 1.88. The molecule has 1 unspecified atom stereocenters. The summed E-state index contributed by atoms with van der Waals surface area (Å²) in [5, 5.41) is 8.99. The Morgan fingerprint density at radius 1 is 1.37 bits per heavy atom. The van der Waals surface area contributed by atoms with Gasteiger partial charge in [0, 0.05) is 0 Å². The van der Waals surface area contributed by atoms with E-state index in [-0.39, 0.29) is 6.09 Å². The maximum absolute atomic E-state index is 11.8. The Labute approximate surface area is 112 Å². The lowest BCUT2D eigenvalue weighted by molar-refractivity contribution is -0.205. The van der Waals surface area contributed by atoms with Gasteiger partial charge < -0.3 is 19.5 Å². The van der Waals surface area contributed by atoms with Crippen LogP contribution in [0, 0.1) is 0 Å². The van der Waals surface area contributed by atoms with E-state index in [1.54, 1.807) is 4.90 Å². The molecule has 0 aromatic heterocycles. The van der Waals surface area contributed by atoms with Gasteiger partial charge in [0.25, 0.3) is 0 Å². The van der Waals surface area contributed by atoms with Crippen LogP contribution in [0.2, 0.25) is 0 Å². The molecular weight excluding hydrogens is 250 g/mol. The number of carboxylic acids is 1. The number of amides is 1. The third-order valence-electron chi connectivity index (χ3n) is 3.38. The minimum Gasteiger partial charge on any atom is -0.479 e. The van der Waals surface area contributed by atoms with Crippen molar-refractivity contribution in [2.24, 2.45) is 0 Å². The van der Waals surface area contributed by atoms with Gasteiger partial charge in [-0.2, -0.15) is 0 Å². The van der Waals surface area contributed by atoms with Crippen molar-refractivity contribution in [3.05, 3.63) is 0 Å². The van der Waals surface area contributed by atoms with Crippen molar-refractivity contribution in [3.8, 4) is 0 Å². The number of likely N-dealkylation sites (tertiary alicyclic amines) is 1. The second-order valence-corrected chi connectivity index (χ2v) is 6.36. The lowest BCUT2D eigenvalue weighted by Crippen LogP contribution is -2.67. The van der Waals surface area contributed by atoms with Crippen molar-refractivity contribution in [1.29, 1.82) is 0 Å². The molecule has 1 amide bonds. The molecule has 2 rings (SSSR count). The van der Waals surface area contributed by atoms with Gasteiger partial charge in [0.15, 0.2) is 6.10 Å². The smallest absolute Gasteiger partial charge is 0.410 e. The Morgan fingerprint density at radius 2 is 2.00 bits per heavy atom. The first-order chi connectivity index (χ1) is 8.71. The molecule has 1 atom stereocenters. The van der Waals surface area contributed by atoms with Gasteiger partial charge in [-0.1, -0.05) is 0 Å². The SMILES string of the molecule is CC(C)(C)OC(=O)N1CC2(CCCC(C(=O)O)O2)C1. The van der Waals surface area contributed by atoms with Gasteiger partial charge in [-0.15, -0.1) is 0 Å². The van der Waals surface area contributed by atoms with Crippen molar-refractivity contribution < 1.29 is 24.2 Å². The van der Waals surface area contributed by atoms with E-state index >= 15 is 0 Å². The Bertz CT molecular complexity index is 381. The van der Waals surface area contributed by atoms with Crippen molar-refractivity contribution in [2.75, 3.05) is 13.1 Å². The van der Waals surface area contributed by atoms with E-state index in [0.717, 1.165) is 12.8 Å². The summed E-state index contributed by atoms with van der Waals surface area (Å²) in [5.74, 6) is -0.921. The minimum absolute atomic E-state index is 0.362. The highest BCUT2D eigenvalue weighted by molar-refractivity contribution is 5.73. The van der Waals surface area contributed by atoms with Crippen LogP contribution < -0.4 is 0 Å². The highest BCUT2D eigenvalue weighted by Crippen LogP contribution is 2.37. The molecular formula is C13H21NO5. The van der Waals surface area contributed by atoms with E-state index in [2.05, 4.69) is 0 Å². The largest absolute Gasteiger partial charge is 0.479 e. The molecule has 108 valence electrons. The van der Waals surface area contributed by atoms with Crippen LogP contribution in [0.3, 0.4) is 0 Å². The van der Waals surface area contributed by atoms with Gasteiger partial charge in [-0.3, -0.25) is 0 Å². The fourth-order valence-corrected chi connectivity index (χ4v) is 2.54. The van der Waals surface area contributed by atoms with Crippen LogP contribution in [0.1, 0.15) is 40.0 Å². The van der Waals surface area contributed by atoms with Gasteiger partial charge in [-0.05, 0) is 40.0 Å². The Morgan fingerprint density at radius 3 is 2.53 bits per heavy atom. The monoisotopic (exact) mass is 271 g/mol. The molecule has 0 saturated carbocycles. The third-order valence-corrected chi connectivity index (χ3v) is 3.38. The first-order valence-electron chi connectivity index (χ1n) is 6.59. The van der Waals surface area contributed by atoms with E-state index < -0.39 is 23.3 Å². The van der Waals surface area contributed by atoms with Crippen molar-refractivity contribution >= 4 is 12.1 Å². The number of hydrogen-bond acceptors (Lipinski definition) is 4. The average Bonchev–Trinajstić information content (AvgIpc) is 2.23. The van der Waals surface area contributed by atoms with Crippen LogP contribution in [0.25, 0.3) is 0 Å². The maximum Gasteiger partial charge on any atom is 0.410 e. The van der Waals surface area contributed by atoms with Crippen molar-refractivity contribution in [2.45, 2.75) is 57.3 Å². The number of carbonyl (C=O) groups is 2. The topological polar surface area (TPSA) is 76.1 Å². The number of ether oxygens (including phenoxy) is 2. The zero-order chi connectivity index (χ0) is 14.3. The summed E-state index contributed by atoms with van der Waals surface area (Å²) >= 11 is 0. The van der Waals surface area contributed by atoms with Gasteiger partial charge in [0.05, 0.1) is 13.1 Å². The molecule has 6 heteroatoms. The quantitative estimate of drug-likeness (QED) is 0.784. The van der Waals surface area contributed by atoms with Crippen LogP contribution >= 0.6 is 0 Å². The highest BCUT2D eigenvalue weighted by Gasteiger charge is 2.51. The molecule has 2 saturated heterocycles. The molecule has 2 heterocycles. The number of carbonyl (C=O) groups excluding carboxylic acids is 1. The predicted octanol–water partition coefficient (Wildman–Crippen LogP) is 1.63. The number of hydrogen-bond donors (Lipinski definition) is 1. The summed E-state index contributed by atoms with van der Waals surface area (Å²) < 4.78 is 10.9. The van der Waals surface area contributed by atoms with Crippen molar-refractivity contribution in [1.82, 2.24) is 4.90 Å². The van der Waals surface area contributed by atoms with E-state index in [9.17, 15) is 9.59 Å². The van der Waals surface area contributed by atoms with E-state index in [1.165, 1.54) is 0 Å². The Hall–Kier alpha value is -1.30. The fourth-order valence-electron chi connectivity index (χ4n) is 2.54.